The summed E-state index contributed by atoms with van der Waals surface area (Å²) < 4.78 is 1.65. The zero-order valence-electron chi connectivity index (χ0n) is 19.0. The van der Waals surface area contributed by atoms with Gasteiger partial charge in [0.05, 0.1) is 22.5 Å². The lowest BCUT2D eigenvalue weighted by molar-refractivity contribution is 0.0661. The highest BCUT2D eigenvalue weighted by molar-refractivity contribution is 5.95. The van der Waals surface area contributed by atoms with Crippen molar-refractivity contribution in [3.8, 4) is 6.07 Å². The molecule has 1 aliphatic heterocycles. The highest BCUT2D eigenvalue weighted by Gasteiger charge is 2.32. The molecule has 0 atom stereocenters. The number of carbonyl (C=O) groups is 1. The predicted molar refractivity (Wildman–Crippen MR) is 126 cm³/mol. The van der Waals surface area contributed by atoms with Gasteiger partial charge in [0.1, 0.15) is 0 Å². The van der Waals surface area contributed by atoms with Gasteiger partial charge in [-0.05, 0) is 66.6 Å². The maximum absolute atomic E-state index is 12.8. The topological polar surface area (TPSA) is 112 Å². The van der Waals surface area contributed by atoms with Crippen LogP contribution in [0.2, 0.25) is 0 Å². The number of hydrogen-bond donors (Lipinski definition) is 1. The molecule has 168 valence electrons. The number of carbonyl (C=O) groups excluding carboxylic acids is 1. The molecule has 1 fully saturated rings. The van der Waals surface area contributed by atoms with Crippen LogP contribution in [0.4, 0.5) is 11.5 Å². The number of hydrogen-bond acceptors (Lipinski definition) is 7. The van der Waals surface area contributed by atoms with Crippen molar-refractivity contribution in [1.29, 1.82) is 5.26 Å². The Morgan fingerprint density at radius 3 is 2.48 bits per heavy atom. The molecule has 0 saturated carbocycles. The van der Waals surface area contributed by atoms with Gasteiger partial charge >= 0.3 is 0 Å². The molecule has 1 amide bonds. The minimum atomic E-state index is -0.334. The van der Waals surface area contributed by atoms with Crippen LogP contribution in [0.3, 0.4) is 0 Å². The third-order valence-corrected chi connectivity index (χ3v) is 5.84. The van der Waals surface area contributed by atoms with Gasteiger partial charge in [-0.25, -0.2) is 4.98 Å². The van der Waals surface area contributed by atoms with Crippen LogP contribution in [-0.4, -0.2) is 48.9 Å². The van der Waals surface area contributed by atoms with Gasteiger partial charge in [-0.15, -0.1) is 5.10 Å². The Morgan fingerprint density at radius 1 is 1.09 bits per heavy atom. The first-order valence-corrected chi connectivity index (χ1v) is 11.1. The largest absolute Gasteiger partial charge is 0.339 e. The number of nitrogens with one attached hydrogen (secondary N) is 1. The van der Waals surface area contributed by atoms with Crippen molar-refractivity contribution < 1.29 is 4.79 Å². The molecule has 4 aromatic rings. The van der Waals surface area contributed by atoms with E-state index in [-0.39, 0.29) is 11.3 Å². The summed E-state index contributed by atoms with van der Waals surface area (Å²) in [5, 5.41) is 24.4. The molecule has 3 heterocycles. The van der Waals surface area contributed by atoms with Gasteiger partial charge in [0.2, 0.25) is 5.65 Å². The van der Waals surface area contributed by atoms with E-state index < -0.39 is 0 Å². The normalized spacial score (nSPS) is 14.9. The summed E-state index contributed by atoms with van der Waals surface area (Å²) in [7, 11) is 0. The molecule has 0 radical (unpaired) electrons. The average Bonchev–Trinajstić information content (AvgIpc) is 3.37. The third kappa shape index (κ3) is 4.32. The molecule has 0 bridgehead atoms. The smallest absolute Gasteiger partial charge is 0.253 e. The van der Waals surface area contributed by atoms with Gasteiger partial charge in [-0.1, -0.05) is 26.0 Å². The van der Waals surface area contributed by atoms with Crippen molar-refractivity contribution in [3.05, 3.63) is 54.1 Å². The van der Waals surface area contributed by atoms with E-state index in [0.29, 0.717) is 43.0 Å². The lowest BCUT2D eigenvalue weighted by atomic mass is 9.82. The number of para-hydroxylation sites is 2. The Kier molecular flexibility index (Phi) is 6.18. The summed E-state index contributed by atoms with van der Waals surface area (Å²) in [6.07, 6.45) is 1.40. The van der Waals surface area contributed by atoms with Gasteiger partial charge in [0.15, 0.2) is 5.82 Å². The molecule has 1 saturated heterocycles. The third-order valence-electron chi connectivity index (χ3n) is 5.84. The minimum Gasteiger partial charge on any atom is -0.339 e. The first-order chi connectivity index (χ1) is 16.1. The van der Waals surface area contributed by atoms with Crippen LogP contribution >= 0.6 is 0 Å². The van der Waals surface area contributed by atoms with Crippen molar-refractivity contribution in [1.82, 2.24) is 29.9 Å². The van der Waals surface area contributed by atoms with Crippen molar-refractivity contribution in [3.63, 3.8) is 0 Å². The van der Waals surface area contributed by atoms with E-state index in [1.165, 1.54) is 0 Å². The minimum absolute atomic E-state index is 0.0144. The van der Waals surface area contributed by atoms with E-state index in [1.54, 1.807) is 16.6 Å². The Morgan fingerprint density at radius 2 is 1.79 bits per heavy atom. The molecule has 0 spiro atoms. The van der Waals surface area contributed by atoms with Crippen molar-refractivity contribution >= 4 is 34.1 Å². The fraction of sp³-hybridized carbons (Fsp3) is 0.333. The summed E-state index contributed by atoms with van der Waals surface area (Å²) in [6, 6.07) is 17.3. The van der Waals surface area contributed by atoms with Gasteiger partial charge in [-0.2, -0.15) is 9.78 Å². The van der Waals surface area contributed by atoms with Gasteiger partial charge in [-0.3, -0.25) is 4.79 Å². The van der Waals surface area contributed by atoms with E-state index in [1.807, 2.05) is 62.1 Å². The molecule has 9 nitrogen and oxygen atoms in total. The number of anilines is 2. The van der Waals surface area contributed by atoms with Crippen LogP contribution < -0.4 is 5.32 Å². The summed E-state index contributed by atoms with van der Waals surface area (Å²) in [5.41, 5.74) is 3.17. The Labute approximate surface area is 192 Å². The summed E-state index contributed by atoms with van der Waals surface area (Å²) in [5.74, 6) is 0.522. The number of likely N-dealkylation sites (tertiary alicyclic amines) is 1. The second-order valence-corrected chi connectivity index (χ2v) is 8.03. The van der Waals surface area contributed by atoms with E-state index >= 15 is 0 Å². The number of piperidine rings is 1. The molecule has 1 aliphatic rings. The van der Waals surface area contributed by atoms with Gasteiger partial charge < -0.3 is 10.2 Å². The van der Waals surface area contributed by atoms with Crippen molar-refractivity contribution in [2.24, 2.45) is 5.41 Å². The molecule has 9 heteroatoms. The monoisotopic (exact) mass is 442 g/mol. The van der Waals surface area contributed by atoms with E-state index in [4.69, 9.17) is 0 Å². The second-order valence-electron chi connectivity index (χ2n) is 8.03. The molecule has 5 rings (SSSR count). The number of tetrazole rings is 1. The zero-order chi connectivity index (χ0) is 23.4. The van der Waals surface area contributed by atoms with Crippen LogP contribution in [0, 0.1) is 16.7 Å². The fourth-order valence-corrected chi connectivity index (χ4v) is 3.82. The van der Waals surface area contributed by atoms with Gasteiger partial charge in [0.25, 0.3) is 5.91 Å². The molecule has 1 N–H and O–H groups in total. The molecular weight excluding hydrogens is 416 g/mol. The predicted octanol–water partition coefficient (Wildman–Crippen LogP) is 4.21. The Hall–Kier alpha value is -4.06. The number of aromatic nitrogens is 5. The van der Waals surface area contributed by atoms with Crippen molar-refractivity contribution in [2.75, 3.05) is 18.4 Å². The fourth-order valence-electron chi connectivity index (χ4n) is 3.82. The van der Waals surface area contributed by atoms with Crippen LogP contribution in [-0.2, 0) is 0 Å². The maximum atomic E-state index is 12.8. The quantitative estimate of drug-likeness (QED) is 0.506. The first kappa shape index (κ1) is 22.1. The van der Waals surface area contributed by atoms with E-state index in [2.05, 4.69) is 31.9 Å². The maximum Gasteiger partial charge on any atom is 0.253 e. The standard InChI is InChI=1S/C22H20N8O.C2H6/c1-22(14-23)10-12-29(13-11-22)21(31)15-6-8-16(9-7-15)24-19-20-26-27-28-30(20)18-5-3-2-4-17(18)25-19;1-2/h2-9H,10-13H2,1H3,(H,24,25);1-2H3. The number of nitriles is 1. The summed E-state index contributed by atoms with van der Waals surface area (Å²) in [6.45, 7) is 7.15. The highest BCUT2D eigenvalue weighted by Crippen LogP contribution is 2.30. The van der Waals surface area contributed by atoms with Gasteiger partial charge in [0, 0.05) is 24.3 Å². The first-order valence-electron chi connectivity index (χ1n) is 11.1. The van der Waals surface area contributed by atoms with Crippen LogP contribution in [0.1, 0.15) is 44.0 Å². The molecule has 33 heavy (non-hydrogen) atoms. The zero-order valence-corrected chi connectivity index (χ0v) is 19.0. The summed E-state index contributed by atoms with van der Waals surface area (Å²) in [4.78, 5) is 19.3. The second kappa shape index (κ2) is 9.20. The molecule has 0 aliphatic carbocycles. The number of nitrogens with zero attached hydrogens (tertiary/aromatic N) is 7. The molecule has 2 aromatic carbocycles. The average molecular weight is 443 g/mol. The highest BCUT2D eigenvalue weighted by atomic mass is 16.2. The number of amides is 1. The lowest BCUT2D eigenvalue weighted by Gasteiger charge is -2.35. The number of fused-ring (bicyclic) bond motifs is 3. The van der Waals surface area contributed by atoms with Crippen LogP contribution in [0.25, 0.3) is 16.7 Å². The van der Waals surface area contributed by atoms with Crippen LogP contribution in [0.5, 0.6) is 0 Å². The van der Waals surface area contributed by atoms with Crippen LogP contribution in [0.15, 0.2) is 48.5 Å². The number of benzene rings is 2. The number of rotatable bonds is 3. The lowest BCUT2D eigenvalue weighted by Crippen LogP contribution is -2.41. The Bertz CT molecular complexity index is 1310. The van der Waals surface area contributed by atoms with E-state index in [0.717, 1.165) is 16.7 Å². The molecular formula is C24H26N8O. The van der Waals surface area contributed by atoms with E-state index in [9.17, 15) is 10.1 Å². The van der Waals surface area contributed by atoms with Crippen molar-refractivity contribution in [2.45, 2.75) is 33.6 Å². The summed E-state index contributed by atoms with van der Waals surface area (Å²) >= 11 is 0. The Balaban J connectivity index is 0.00000126. The molecule has 2 aromatic heterocycles. The molecule has 0 unspecified atom stereocenters. The SMILES string of the molecule is CC.CC1(C#N)CCN(C(=O)c2ccc(Nc3nc4ccccc4n4nnnc34)cc2)CC1.